The maximum absolute atomic E-state index is 3.36. The molecule has 11 heavy (non-hydrogen) atoms. The average molecular weight is 151 g/mol. The molecule has 1 atom stereocenters. The molecule has 0 saturated carbocycles. The van der Waals surface area contributed by atoms with Gasteiger partial charge < -0.3 is 5.32 Å². The van der Waals surface area contributed by atoms with Crippen LogP contribution in [0.4, 0.5) is 0 Å². The molecule has 1 aliphatic rings. The summed E-state index contributed by atoms with van der Waals surface area (Å²) in [5.41, 5.74) is 1.56. The Bertz CT molecular complexity index is 168. The minimum absolute atomic E-state index is 0.699. The summed E-state index contributed by atoms with van der Waals surface area (Å²) in [7, 11) is 0. The maximum Gasteiger partial charge on any atom is 0.00143 e. The fourth-order valence-electron chi connectivity index (χ4n) is 1.32. The van der Waals surface area contributed by atoms with E-state index in [0.29, 0.717) is 5.92 Å². The molecular formula is C10H17N. The smallest absolute Gasteiger partial charge is 0.00143 e. The number of hydrogen-bond donors (Lipinski definition) is 1. The zero-order valence-corrected chi connectivity index (χ0v) is 7.43. The summed E-state index contributed by atoms with van der Waals surface area (Å²) < 4.78 is 0. The monoisotopic (exact) mass is 151 g/mol. The fraction of sp³-hybridized carbons (Fsp3) is 0.600. The predicted octanol–water partition coefficient (Wildman–Crippen LogP) is 2.12. The number of nitrogens with one attached hydrogen (secondary N) is 1. The van der Waals surface area contributed by atoms with Crippen molar-refractivity contribution < 1.29 is 0 Å². The first-order chi connectivity index (χ1) is 5.34. The van der Waals surface area contributed by atoms with E-state index in [0.717, 1.165) is 19.5 Å². The van der Waals surface area contributed by atoms with Crippen LogP contribution in [-0.4, -0.2) is 13.1 Å². The van der Waals surface area contributed by atoms with Gasteiger partial charge in [-0.1, -0.05) is 37.6 Å². The van der Waals surface area contributed by atoms with Crippen molar-refractivity contribution in [2.75, 3.05) is 13.1 Å². The molecule has 0 aromatic carbocycles. The second-order valence-corrected chi connectivity index (χ2v) is 3.08. The Morgan fingerprint density at radius 2 is 2.45 bits per heavy atom. The van der Waals surface area contributed by atoms with Crippen molar-refractivity contribution in [3.8, 4) is 0 Å². The minimum atomic E-state index is 0.699. The van der Waals surface area contributed by atoms with Gasteiger partial charge in [-0.2, -0.15) is 0 Å². The van der Waals surface area contributed by atoms with Crippen LogP contribution < -0.4 is 5.32 Å². The summed E-state index contributed by atoms with van der Waals surface area (Å²) in [5.74, 6) is 0.699. The van der Waals surface area contributed by atoms with Gasteiger partial charge in [0.05, 0.1) is 0 Å². The molecule has 0 spiro atoms. The van der Waals surface area contributed by atoms with Crippen molar-refractivity contribution in [3.63, 3.8) is 0 Å². The van der Waals surface area contributed by atoms with E-state index in [2.05, 4.69) is 37.4 Å². The van der Waals surface area contributed by atoms with Gasteiger partial charge in [0.1, 0.15) is 0 Å². The summed E-state index contributed by atoms with van der Waals surface area (Å²) in [6, 6.07) is 0. The minimum Gasteiger partial charge on any atom is -0.316 e. The zero-order valence-electron chi connectivity index (χ0n) is 7.43. The topological polar surface area (TPSA) is 12.0 Å². The standard InChI is InChI=1S/C10H17N/c1-3-11-8-9(2)10-6-4-5-7-10/h4-6,9,11H,3,7-8H2,1-2H3. The first-order valence-electron chi connectivity index (χ1n) is 4.41. The van der Waals surface area contributed by atoms with E-state index in [9.17, 15) is 0 Å². The summed E-state index contributed by atoms with van der Waals surface area (Å²) in [6.07, 6.45) is 7.77. The Morgan fingerprint density at radius 3 is 3.00 bits per heavy atom. The largest absolute Gasteiger partial charge is 0.316 e. The van der Waals surface area contributed by atoms with Crippen LogP contribution in [0.1, 0.15) is 20.3 Å². The Balaban J connectivity index is 2.24. The molecule has 0 amide bonds. The molecule has 1 heteroatoms. The van der Waals surface area contributed by atoms with Crippen LogP contribution in [-0.2, 0) is 0 Å². The van der Waals surface area contributed by atoms with Gasteiger partial charge in [-0.25, -0.2) is 0 Å². The van der Waals surface area contributed by atoms with Crippen molar-refractivity contribution in [3.05, 3.63) is 23.8 Å². The molecule has 0 saturated heterocycles. The van der Waals surface area contributed by atoms with Crippen LogP contribution >= 0.6 is 0 Å². The molecule has 0 aromatic heterocycles. The molecule has 1 aliphatic carbocycles. The highest BCUT2D eigenvalue weighted by Crippen LogP contribution is 2.18. The molecule has 1 rings (SSSR count). The van der Waals surface area contributed by atoms with E-state index >= 15 is 0 Å². The Kier molecular flexibility index (Phi) is 3.37. The maximum atomic E-state index is 3.36. The van der Waals surface area contributed by atoms with Gasteiger partial charge in [0, 0.05) is 6.54 Å². The lowest BCUT2D eigenvalue weighted by molar-refractivity contribution is 0.581. The quantitative estimate of drug-likeness (QED) is 0.649. The molecule has 0 heterocycles. The van der Waals surface area contributed by atoms with Crippen molar-refractivity contribution in [1.29, 1.82) is 0 Å². The molecule has 1 N–H and O–H groups in total. The zero-order chi connectivity index (χ0) is 8.10. The molecule has 0 radical (unpaired) electrons. The highest BCUT2D eigenvalue weighted by molar-refractivity contribution is 5.24. The third kappa shape index (κ3) is 2.51. The van der Waals surface area contributed by atoms with E-state index in [1.807, 2.05) is 0 Å². The first kappa shape index (κ1) is 8.54. The highest BCUT2D eigenvalue weighted by atomic mass is 14.8. The third-order valence-corrected chi connectivity index (χ3v) is 2.13. The molecule has 1 unspecified atom stereocenters. The van der Waals surface area contributed by atoms with Gasteiger partial charge in [0.15, 0.2) is 0 Å². The summed E-state index contributed by atoms with van der Waals surface area (Å²) >= 11 is 0. The number of hydrogen-bond acceptors (Lipinski definition) is 1. The van der Waals surface area contributed by atoms with E-state index in [1.54, 1.807) is 5.57 Å². The van der Waals surface area contributed by atoms with Crippen LogP contribution in [0, 0.1) is 5.92 Å². The summed E-state index contributed by atoms with van der Waals surface area (Å²) in [6.45, 7) is 6.62. The first-order valence-corrected chi connectivity index (χ1v) is 4.41. The Labute approximate surface area is 69.2 Å². The predicted molar refractivity (Wildman–Crippen MR) is 49.5 cm³/mol. The number of rotatable bonds is 4. The summed E-state index contributed by atoms with van der Waals surface area (Å²) in [5, 5.41) is 3.36. The normalized spacial score (nSPS) is 18.5. The summed E-state index contributed by atoms with van der Waals surface area (Å²) in [4.78, 5) is 0. The lowest BCUT2D eigenvalue weighted by atomic mass is 10.0. The Morgan fingerprint density at radius 1 is 1.64 bits per heavy atom. The van der Waals surface area contributed by atoms with E-state index < -0.39 is 0 Å². The SMILES string of the molecule is CCNCC(C)C1=CC=CC1. The molecule has 0 bridgehead atoms. The second kappa shape index (κ2) is 4.35. The molecule has 62 valence electrons. The van der Waals surface area contributed by atoms with E-state index in [1.165, 1.54) is 0 Å². The molecule has 0 aliphatic heterocycles. The van der Waals surface area contributed by atoms with Gasteiger partial charge in [0.2, 0.25) is 0 Å². The van der Waals surface area contributed by atoms with E-state index in [-0.39, 0.29) is 0 Å². The second-order valence-electron chi connectivity index (χ2n) is 3.08. The number of allylic oxidation sites excluding steroid dienone is 3. The van der Waals surface area contributed by atoms with Gasteiger partial charge in [0.25, 0.3) is 0 Å². The molecule has 0 aromatic rings. The van der Waals surface area contributed by atoms with Gasteiger partial charge in [-0.15, -0.1) is 0 Å². The van der Waals surface area contributed by atoms with Crippen molar-refractivity contribution >= 4 is 0 Å². The molecule has 1 nitrogen and oxygen atoms in total. The third-order valence-electron chi connectivity index (χ3n) is 2.13. The van der Waals surface area contributed by atoms with Crippen molar-refractivity contribution in [2.24, 2.45) is 5.92 Å². The van der Waals surface area contributed by atoms with E-state index in [4.69, 9.17) is 0 Å². The van der Waals surface area contributed by atoms with Crippen LogP contribution in [0.15, 0.2) is 23.8 Å². The van der Waals surface area contributed by atoms with Gasteiger partial charge in [-0.05, 0) is 18.9 Å². The van der Waals surface area contributed by atoms with Crippen molar-refractivity contribution in [2.45, 2.75) is 20.3 Å². The van der Waals surface area contributed by atoms with Crippen LogP contribution in [0.3, 0.4) is 0 Å². The fourth-order valence-corrected chi connectivity index (χ4v) is 1.32. The van der Waals surface area contributed by atoms with Crippen molar-refractivity contribution in [1.82, 2.24) is 5.32 Å². The molecule has 0 fully saturated rings. The lowest BCUT2D eigenvalue weighted by Gasteiger charge is -2.12. The van der Waals surface area contributed by atoms with Gasteiger partial charge in [-0.3, -0.25) is 0 Å². The lowest BCUT2D eigenvalue weighted by Crippen LogP contribution is -2.21. The van der Waals surface area contributed by atoms with Crippen LogP contribution in [0.25, 0.3) is 0 Å². The average Bonchev–Trinajstić information content (AvgIpc) is 2.52. The van der Waals surface area contributed by atoms with Gasteiger partial charge >= 0.3 is 0 Å². The van der Waals surface area contributed by atoms with Crippen LogP contribution in [0.2, 0.25) is 0 Å². The highest BCUT2D eigenvalue weighted by Gasteiger charge is 2.07. The van der Waals surface area contributed by atoms with Crippen LogP contribution in [0.5, 0.6) is 0 Å². The molecular weight excluding hydrogens is 134 g/mol. The Hall–Kier alpha value is -0.560.